The summed E-state index contributed by atoms with van der Waals surface area (Å²) in [6.45, 7) is 8.92. The molecule has 0 radical (unpaired) electrons. The average molecular weight is 961 g/mol. The Hall–Kier alpha value is -7.02. The minimum atomic E-state index is -0.698. The van der Waals surface area contributed by atoms with Gasteiger partial charge in [0.05, 0.1) is 31.4 Å². The molecule has 2 atom stereocenters. The van der Waals surface area contributed by atoms with Gasteiger partial charge in [-0.05, 0) is 138 Å². The lowest BCUT2D eigenvalue weighted by Crippen LogP contribution is -2.56. The van der Waals surface area contributed by atoms with Gasteiger partial charge in [-0.25, -0.2) is 4.99 Å². The highest BCUT2D eigenvalue weighted by molar-refractivity contribution is 6.07. The second-order valence-electron chi connectivity index (χ2n) is 17.3. The first kappa shape index (κ1) is 53.9. The van der Waals surface area contributed by atoms with E-state index in [1.165, 1.54) is 0 Å². The number of aliphatic imine (C=N–C) groups is 1. The number of piperidine rings is 1. The topological polar surface area (TPSA) is 252 Å². The number of pyridine rings is 1. The van der Waals surface area contributed by atoms with E-state index in [2.05, 4.69) is 36.6 Å². The summed E-state index contributed by atoms with van der Waals surface area (Å²) in [6.07, 6.45) is 9.75. The van der Waals surface area contributed by atoms with Crippen LogP contribution in [0, 0.1) is 12.3 Å². The summed E-state index contributed by atoms with van der Waals surface area (Å²) in [5.74, 6) is 0.148. The molecule has 1 aliphatic rings. The number of imide groups is 1. The van der Waals surface area contributed by atoms with Gasteiger partial charge in [0, 0.05) is 60.5 Å². The van der Waals surface area contributed by atoms with E-state index in [0.717, 1.165) is 73.3 Å². The van der Waals surface area contributed by atoms with Crippen molar-refractivity contribution >= 4 is 53.6 Å². The highest BCUT2D eigenvalue weighted by Crippen LogP contribution is 2.27. The van der Waals surface area contributed by atoms with E-state index in [1.54, 1.807) is 41.6 Å². The van der Waals surface area contributed by atoms with Gasteiger partial charge in [-0.2, -0.15) is 0 Å². The summed E-state index contributed by atoms with van der Waals surface area (Å²) in [7, 11) is 0. The molecule has 70 heavy (non-hydrogen) atoms. The van der Waals surface area contributed by atoms with Gasteiger partial charge in [0.25, 0.3) is 5.91 Å². The average Bonchev–Trinajstić information content (AvgIpc) is 3.36. The summed E-state index contributed by atoms with van der Waals surface area (Å²) in [6, 6.07) is 23.4. The zero-order chi connectivity index (χ0) is 50.1. The number of rotatable bonds is 29. The molecule has 1 unspecified atom stereocenters. The van der Waals surface area contributed by atoms with Crippen molar-refractivity contribution in [2.24, 2.45) is 10.7 Å². The molecule has 0 bridgehead atoms. The molecule has 1 saturated heterocycles. The number of aryl methyl sites for hydroxylation is 1. The molecule has 18 heteroatoms. The van der Waals surface area contributed by atoms with Gasteiger partial charge in [0.2, 0.25) is 24.6 Å². The van der Waals surface area contributed by atoms with Gasteiger partial charge >= 0.3 is 0 Å². The molecule has 18 nitrogen and oxygen atoms in total. The number of aromatic nitrogens is 1. The van der Waals surface area contributed by atoms with Crippen LogP contribution >= 0.6 is 0 Å². The van der Waals surface area contributed by atoms with Crippen LogP contribution in [-0.4, -0.2) is 110 Å². The van der Waals surface area contributed by atoms with Crippen molar-refractivity contribution < 1.29 is 38.2 Å². The van der Waals surface area contributed by atoms with Crippen LogP contribution in [0.1, 0.15) is 104 Å². The number of hydrogen-bond donors (Lipinski definition) is 7. The van der Waals surface area contributed by atoms with Crippen molar-refractivity contribution in [3.05, 3.63) is 119 Å². The first-order valence-corrected chi connectivity index (χ1v) is 23.9. The largest absolute Gasteiger partial charge is 0.494 e. The fourth-order valence-electron chi connectivity index (χ4n) is 7.93. The second-order valence-corrected chi connectivity index (χ2v) is 17.3. The monoisotopic (exact) mass is 961 g/mol. The first-order chi connectivity index (χ1) is 33.9. The summed E-state index contributed by atoms with van der Waals surface area (Å²) < 4.78 is 17.3. The maximum atomic E-state index is 13.5. The number of ether oxygens (including phenoxy) is 3. The number of nitrogens with zero attached hydrogens (tertiary/aromatic N) is 3. The molecule has 1 aliphatic heterocycles. The fraction of sp³-hybridized carbons (Fsp3) is 0.423. The number of amidine groups is 2. The standard InChI is InChI=1S/C52H68N10O8/c1-37-11-8-16-46(45(37)33-62(36-64)38(2)17-18-47(65)57-35-63)59-48(66)34-69-30-29-68-27-6-4-5-7-28-70-44-15-10-12-41(32-44)39(3)58-50(67)42-13-9-14-43(31-42)61-52(21-25-56-26-22-52)51(54)60-49(53)40-19-23-55-24-20-40/h8-16,19-20,23-24,31-32,35-36,38-39,56,61H,4-7,17-18,21-22,25-30,33-34H2,1-3H3,(H,58,67)(H,59,66)(H3,53,54,60)(H,57,63,65)/t38?,39-/m1/s1. The minimum absolute atomic E-state index is 0.0588. The Morgan fingerprint density at radius 1 is 0.886 bits per heavy atom. The molecule has 0 spiro atoms. The number of amides is 5. The molecule has 5 amide bonds. The molecule has 8 N–H and O–H groups in total. The number of carbonyl (C=O) groups is 5. The van der Waals surface area contributed by atoms with Crippen LogP contribution < -0.4 is 37.1 Å². The van der Waals surface area contributed by atoms with Crippen molar-refractivity contribution in [2.45, 2.75) is 96.3 Å². The van der Waals surface area contributed by atoms with Crippen LogP contribution in [0.2, 0.25) is 0 Å². The molecule has 1 fully saturated rings. The number of hydrogen-bond acceptors (Lipinski definition) is 12. The van der Waals surface area contributed by atoms with Crippen LogP contribution in [0.25, 0.3) is 0 Å². The Morgan fingerprint density at radius 2 is 1.61 bits per heavy atom. The highest BCUT2D eigenvalue weighted by Gasteiger charge is 2.36. The van der Waals surface area contributed by atoms with Crippen LogP contribution in [-0.2, 0) is 35.2 Å². The fourth-order valence-corrected chi connectivity index (χ4v) is 7.93. The molecular formula is C52H68N10O8. The predicted molar refractivity (Wildman–Crippen MR) is 270 cm³/mol. The lowest BCUT2D eigenvalue weighted by molar-refractivity contribution is -0.127. The third-order valence-corrected chi connectivity index (χ3v) is 12.1. The summed E-state index contributed by atoms with van der Waals surface area (Å²) in [4.78, 5) is 70.5. The summed E-state index contributed by atoms with van der Waals surface area (Å²) in [5, 5.41) is 23.6. The molecule has 374 valence electrons. The Kier molecular flexibility index (Phi) is 21.9. The first-order valence-electron chi connectivity index (χ1n) is 23.9. The summed E-state index contributed by atoms with van der Waals surface area (Å²) in [5.41, 5.74) is 10.9. The molecule has 5 rings (SSSR count). The van der Waals surface area contributed by atoms with Crippen LogP contribution in [0.15, 0.2) is 96.2 Å². The van der Waals surface area contributed by atoms with Gasteiger partial charge in [-0.1, -0.05) is 36.8 Å². The third-order valence-electron chi connectivity index (χ3n) is 12.1. The van der Waals surface area contributed by atoms with E-state index >= 15 is 0 Å². The molecular weight excluding hydrogens is 893 g/mol. The Balaban J connectivity index is 0.957. The van der Waals surface area contributed by atoms with E-state index < -0.39 is 11.4 Å². The minimum Gasteiger partial charge on any atom is -0.494 e. The quantitative estimate of drug-likeness (QED) is 0.0147. The number of unbranched alkanes of at least 4 members (excludes halogenated alkanes) is 3. The molecule has 0 aliphatic carbocycles. The van der Waals surface area contributed by atoms with Crippen LogP contribution in [0.4, 0.5) is 11.4 Å². The molecule has 2 heterocycles. The molecule has 3 aromatic carbocycles. The highest BCUT2D eigenvalue weighted by atomic mass is 16.5. The van der Waals surface area contributed by atoms with Crippen LogP contribution in [0.3, 0.4) is 0 Å². The van der Waals surface area contributed by atoms with Crippen molar-refractivity contribution in [3.63, 3.8) is 0 Å². The Labute approximate surface area is 410 Å². The summed E-state index contributed by atoms with van der Waals surface area (Å²) >= 11 is 0. The van der Waals surface area contributed by atoms with E-state index in [4.69, 9.17) is 25.4 Å². The van der Waals surface area contributed by atoms with Crippen LogP contribution in [0.5, 0.6) is 5.75 Å². The van der Waals surface area contributed by atoms with Gasteiger partial charge in [0.1, 0.15) is 18.2 Å². The smallest absolute Gasteiger partial charge is 0.251 e. The third kappa shape index (κ3) is 17.2. The van der Waals surface area contributed by atoms with E-state index in [1.807, 2.05) is 75.4 Å². The van der Waals surface area contributed by atoms with Gasteiger partial charge in [-0.15, -0.1) is 0 Å². The lowest BCUT2D eigenvalue weighted by atomic mass is 9.86. The maximum absolute atomic E-state index is 13.5. The van der Waals surface area contributed by atoms with Crippen molar-refractivity contribution in [1.82, 2.24) is 25.8 Å². The number of carbonyl (C=O) groups excluding carboxylic acids is 5. The zero-order valence-corrected chi connectivity index (χ0v) is 40.5. The Bertz CT molecular complexity index is 2380. The molecule has 0 saturated carbocycles. The van der Waals surface area contributed by atoms with Gasteiger partial charge < -0.3 is 46.1 Å². The van der Waals surface area contributed by atoms with E-state index in [9.17, 15) is 24.0 Å². The molecule has 1 aromatic heterocycles. The van der Waals surface area contributed by atoms with E-state index in [0.29, 0.717) is 68.1 Å². The van der Waals surface area contributed by atoms with Gasteiger partial charge in [0.15, 0.2) is 5.84 Å². The van der Waals surface area contributed by atoms with Crippen molar-refractivity contribution in [2.75, 3.05) is 56.8 Å². The van der Waals surface area contributed by atoms with Crippen molar-refractivity contribution in [3.8, 4) is 5.75 Å². The number of nitrogens with one attached hydrogen (secondary N) is 6. The maximum Gasteiger partial charge on any atom is 0.251 e. The Morgan fingerprint density at radius 3 is 2.37 bits per heavy atom. The molecule has 4 aromatic rings. The van der Waals surface area contributed by atoms with Crippen molar-refractivity contribution in [1.29, 1.82) is 5.41 Å². The lowest BCUT2D eigenvalue weighted by Gasteiger charge is -2.38. The normalized spacial score (nSPS) is 14.1. The van der Waals surface area contributed by atoms with Gasteiger partial charge in [-0.3, -0.25) is 39.7 Å². The number of anilines is 2. The SMILES string of the molecule is Cc1cccc(NC(=O)COCCOCCCCCCOc2cccc([C@@H](C)NC(=O)c3cccc(NC4(C(N)=NC(=N)c5ccncc5)CCNCC4)c3)c2)c1CN(C=O)C(C)CCC(=O)NC=O. The predicted octanol–water partition coefficient (Wildman–Crippen LogP) is 5.81. The number of nitrogens with two attached hydrogens (primary N) is 1. The van der Waals surface area contributed by atoms with E-state index in [-0.39, 0.29) is 55.9 Å². The number of benzene rings is 3. The second kappa shape index (κ2) is 28.5. The zero-order valence-electron chi connectivity index (χ0n) is 40.5.